The van der Waals surface area contributed by atoms with E-state index in [1.165, 1.54) is 5.56 Å². The van der Waals surface area contributed by atoms with E-state index in [2.05, 4.69) is 38.1 Å². The highest BCUT2D eigenvalue weighted by Crippen LogP contribution is 2.22. The molecule has 0 amide bonds. The highest BCUT2D eigenvalue weighted by molar-refractivity contribution is 5.93. The first-order valence-electron chi connectivity index (χ1n) is 8.00. The lowest BCUT2D eigenvalue weighted by molar-refractivity contribution is -0.154. The Labute approximate surface area is 141 Å². The number of hydrogen-bond donors (Lipinski definition) is 2. The van der Waals surface area contributed by atoms with E-state index in [0.29, 0.717) is 11.5 Å². The average molecular weight is 326 g/mol. The molecule has 2 aromatic rings. The van der Waals surface area contributed by atoms with Gasteiger partial charge in [0, 0.05) is 0 Å². The maximum Gasteiger partial charge on any atom is 0.318 e. The summed E-state index contributed by atoms with van der Waals surface area (Å²) in [6, 6.07) is 15.8. The van der Waals surface area contributed by atoms with E-state index in [9.17, 15) is 9.59 Å². The lowest BCUT2D eigenvalue weighted by atomic mass is 9.96. The van der Waals surface area contributed by atoms with Crippen LogP contribution in [0.25, 0.3) is 11.1 Å². The molecule has 0 aliphatic carbocycles. The molecule has 0 aliphatic rings. The summed E-state index contributed by atoms with van der Waals surface area (Å²) in [4.78, 5) is 21.9. The molecule has 0 heterocycles. The standard InChI is InChI=1S/C20H22O4/c1-13(2)11-14-3-7-16(8-4-14)17-9-5-15(6-10-17)12-18(19(21)22)20(23)24/h3-10,13,18H,11-12H2,1-2H3,(H,21,22)(H,23,24). The Morgan fingerprint density at radius 1 is 0.750 bits per heavy atom. The molecular weight excluding hydrogens is 304 g/mol. The van der Waals surface area contributed by atoms with E-state index in [1.54, 1.807) is 12.1 Å². The minimum absolute atomic E-state index is 0.0156. The number of aliphatic carboxylic acids is 2. The minimum Gasteiger partial charge on any atom is -0.481 e. The van der Waals surface area contributed by atoms with Gasteiger partial charge in [0.25, 0.3) is 0 Å². The molecule has 0 radical (unpaired) electrons. The molecule has 24 heavy (non-hydrogen) atoms. The number of carbonyl (C=O) groups is 2. The van der Waals surface area contributed by atoms with Crippen LogP contribution in [0.15, 0.2) is 48.5 Å². The summed E-state index contributed by atoms with van der Waals surface area (Å²) in [6.45, 7) is 4.38. The van der Waals surface area contributed by atoms with Gasteiger partial charge in [-0.3, -0.25) is 9.59 Å². The first kappa shape index (κ1) is 17.7. The summed E-state index contributed by atoms with van der Waals surface area (Å²) in [5, 5.41) is 17.9. The zero-order chi connectivity index (χ0) is 17.7. The van der Waals surface area contributed by atoms with Crippen molar-refractivity contribution in [3.63, 3.8) is 0 Å². The van der Waals surface area contributed by atoms with Crippen molar-refractivity contribution < 1.29 is 19.8 Å². The van der Waals surface area contributed by atoms with Crippen molar-refractivity contribution in [2.75, 3.05) is 0 Å². The van der Waals surface area contributed by atoms with Crippen LogP contribution < -0.4 is 0 Å². The number of benzene rings is 2. The van der Waals surface area contributed by atoms with E-state index in [4.69, 9.17) is 10.2 Å². The van der Waals surface area contributed by atoms with Crippen molar-refractivity contribution in [2.24, 2.45) is 11.8 Å². The molecule has 2 N–H and O–H groups in total. The molecule has 4 heteroatoms. The zero-order valence-corrected chi connectivity index (χ0v) is 13.9. The third-order valence-corrected chi connectivity index (χ3v) is 3.92. The van der Waals surface area contributed by atoms with Gasteiger partial charge >= 0.3 is 11.9 Å². The molecule has 0 bridgehead atoms. The van der Waals surface area contributed by atoms with Crippen molar-refractivity contribution in [2.45, 2.75) is 26.7 Å². The Balaban J connectivity index is 2.11. The predicted molar refractivity (Wildman–Crippen MR) is 92.9 cm³/mol. The van der Waals surface area contributed by atoms with Crippen molar-refractivity contribution in [3.05, 3.63) is 59.7 Å². The summed E-state index contributed by atoms with van der Waals surface area (Å²) in [7, 11) is 0. The van der Waals surface area contributed by atoms with Gasteiger partial charge in [0.1, 0.15) is 0 Å². The maximum absolute atomic E-state index is 11.0. The lowest BCUT2D eigenvalue weighted by Crippen LogP contribution is -2.25. The Morgan fingerprint density at radius 3 is 1.46 bits per heavy atom. The molecule has 2 aromatic carbocycles. The van der Waals surface area contributed by atoms with Crippen LogP contribution in [0.3, 0.4) is 0 Å². The quantitative estimate of drug-likeness (QED) is 0.757. The highest BCUT2D eigenvalue weighted by atomic mass is 16.4. The van der Waals surface area contributed by atoms with Gasteiger partial charge in [0.2, 0.25) is 0 Å². The van der Waals surface area contributed by atoms with Crippen LogP contribution in [0.2, 0.25) is 0 Å². The van der Waals surface area contributed by atoms with Crippen molar-refractivity contribution in [1.29, 1.82) is 0 Å². The van der Waals surface area contributed by atoms with E-state index < -0.39 is 17.9 Å². The molecule has 0 aliphatic heterocycles. The molecule has 0 fully saturated rings. The normalized spacial score (nSPS) is 11.0. The molecule has 0 spiro atoms. The van der Waals surface area contributed by atoms with Gasteiger partial charge in [-0.1, -0.05) is 62.4 Å². The first-order chi connectivity index (χ1) is 11.4. The summed E-state index contributed by atoms with van der Waals surface area (Å²) in [6.07, 6.45) is 1.03. The van der Waals surface area contributed by atoms with Crippen LogP contribution in [0.1, 0.15) is 25.0 Å². The predicted octanol–water partition coefficient (Wildman–Crippen LogP) is 3.88. The lowest BCUT2D eigenvalue weighted by Gasteiger charge is -2.09. The van der Waals surface area contributed by atoms with Crippen LogP contribution >= 0.6 is 0 Å². The molecule has 126 valence electrons. The largest absolute Gasteiger partial charge is 0.481 e. The summed E-state index contributed by atoms with van der Waals surface area (Å²) in [5.41, 5.74) is 4.11. The molecule has 4 nitrogen and oxygen atoms in total. The van der Waals surface area contributed by atoms with Crippen LogP contribution in [-0.2, 0) is 22.4 Å². The SMILES string of the molecule is CC(C)Cc1ccc(-c2ccc(CC(C(=O)O)C(=O)O)cc2)cc1. The molecule has 2 rings (SSSR count). The minimum atomic E-state index is -1.41. The number of rotatable bonds is 7. The first-order valence-corrected chi connectivity index (χ1v) is 8.00. The fraction of sp³-hybridized carbons (Fsp3) is 0.300. The molecule has 0 saturated carbocycles. The topological polar surface area (TPSA) is 74.6 Å². The van der Waals surface area contributed by atoms with Gasteiger partial charge in [-0.2, -0.15) is 0 Å². The van der Waals surface area contributed by atoms with E-state index >= 15 is 0 Å². The van der Waals surface area contributed by atoms with E-state index in [1.807, 2.05) is 12.1 Å². The summed E-state index contributed by atoms with van der Waals surface area (Å²) >= 11 is 0. The summed E-state index contributed by atoms with van der Waals surface area (Å²) < 4.78 is 0. The number of carboxylic acids is 2. The van der Waals surface area contributed by atoms with Crippen molar-refractivity contribution in [1.82, 2.24) is 0 Å². The molecule has 0 aromatic heterocycles. The van der Waals surface area contributed by atoms with Gasteiger partial charge in [-0.25, -0.2) is 0 Å². The Bertz CT molecular complexity index is 685. The Kier molecular flexibility index (Phi) is 5.74. The second-order valence-corrected chi connectivity index (χ2v) is 6.43. The van der Waals surface area contributed by atoms with Crippen molar-refractivity contribution in [3.8, 4) is 11.1 Å². The third-order valence-electron chi connectivity index (χ3n) is 3.92. The second-order valence-electron chi connectivity index (χ2n) is 6.43. The fourth-order valence-electron chi connectivity index (χ4n) is 2.65. The molecule has 0 unspecified atom stereocenters. The zero-order valence-electron chi connectivity index (χ0n) is 13.9. The third kappa shape index (κ3) is 4.69. The van der Waals surface area contributed by atoms with Crippen LogP contribution in [0, 0.1) is 11.8 Å². The van der Waals surface area contributed by atoms with Crippen LogP contribution in [0.4, 0.5) is 0 Å². The second kappa shape index (κ2) is 7.77. The monoisotopic (exact) mass is 326 g/mol. The van der Waals surface area contributed by atoms with Gasteiger partial charge < -0.3 is 10.2 Å². The van der Waals surface area contributed by atoms with Crippen LogP contribution in [0.5, 0.6) is 0 Å². The fourth-order valence-corrected chi connectivity index (χ4v) is 2.65. The van der Waals surface area contributed by atoms with Gasteiger partial charge in [0.05, 0.1) is 0 Å². The maximum atomic E-state index is 11.0. The molecule has 0 saturated heterocycles. The smallest absolute Gasteiger partial charge is 0.318 e. The highest BCUT2D eigenvalue weighted by Gasteiger charge is 2.25. The molecular formula is C20H22O4. The summed E-state index contributed by atoms with van der Waals surface area (Å²) in [5.74, 6) is -3.42. The van der Waals surface area contributed by atoms with E-state index in [0.717, 1.165) is 17.5 Å². The van der Waals surface area contributed by atoms with Crippen LogP contribution in [-0.4, -0.2) is 22.2 Å². The van der Waals surface area contributed by atoms with Gasteiger partial charge in [-0.05, 0) is 41.0 Å². The van der Waals surface area contributed by atoms with Gasteiger partial charge in [0.15, 0.2) is 5.92 Å². The number of carboxylic acid groups (broad SMARTS) is 2. The van der Waals surface area contributed by atoms with E-state index in [-0.39, 0.29) is 6.42 Å². The Hall–Kier alpha value is -2.62. The van der Waals surface area contributed by atoms with Gasteiger partial charge in [-0.15, -0.1) is 0 Å². The average Bonchev–Trinajstić information content (AvgIpc) is 2.53. The van der Waals surface area contributed by atoms with Crippen molar-refractivity contribution >= 4 is 11.9 Å². The number of hydrogen-bond acceptors (Lipinski definition) is 2. The molecule has 0 atom stereocenters. The Morgan fingerprint density at radius 2 is 1.12 bits per heavy atom.